The fraction of sp³-hybridized carbons (Fsp3) is 0.400. The number of likely N-dealkylation sites (N-methyl/N-ethyl adjacent to an activating group) is 1. The van der Waals surface area contributed by atoms with Crippen LogP contribution in [0.25, 0.3) is 0 Å². The van der Waals surface area contributed by atoms with Crippen LogP contribution in [0.15, 0.2) is 24.3 Å². The van der Waals surface area contributed by atoms with Crippen LogP contribution in [0.3, 0.4) is 0 Å². The zero-order valence-electron chi connectivity index (χ0n) is 10.7. The summed E-state index contributed by atoms with van der Waals surface area (Å²) in [5.41, 5.74) is 1.53. The number of terminal acetylenes is 1. The fourth-order valence-electron chi connectivity index (χ4n) is 2.16. The molecule has 1 saturated heterocycles. The van der Waals surface area contributed by atoms with Gasteiger partial charge in [0.2, 0.25) is 0 Å². The molecular formula is C15H18N2O. The number of nitrogens with zero attached hydrogens (tertiary/aromatic N) is 2. The zero-order valence-corrected chi connectivity index (χ0v) is 10.7. The topological polar surface area (TPSA) is 23.6 Å². The highest BCUT2D eigenvalue weighted by Crippen LogP contribution is 2.10. The summed E-state index contributed by atoms with van der Waals surface area (Å²) in [6.07, 6.45) is 5.30. The highest BCUT2D eigenvalue weighted by molar-refractivity contribution is 5.94. The number of piperazine rings is 1. The summed E-state index contributed by atoms with van der Waals surface area (Å²) < 4.78 is 0. The molecule has 1 heterocycles. The molecule has 0 aromatic heterocycles. The molecule has 1 fully saturated rings. The van der Waals surface area contributed by atoms with Gasteiger partial charge in [0.1, 0.15) is 0 Å². The number of rotatable bonds is 2. The van der Waals surface area contributed by atoms with Crippen molar-refractivity contribution in [2.24, 2.45) is 0 Å². The van der Waals surface area contributed by atoms with Crippen molar-refractivity contribution in [3.05, 3.63) is 35.4 Å². The molecule has 0 radical (unpaired) electrons. The summed E-state index contributed by atoms with van der Waals surface area (Å²) in [6.45, 7) is 6.75. The molecule has 1 amide bonds. The summed E-state index contributed by atoms with van der Waals surface area (Å²) in [6, 6.07) is 7.25. The molecular weight excluding hydrogens is 224 g/mol. The Bertz CT molecular complexity index is 450. The standard InChI is InChI=1S/C15H18N2O/c1-3-13-5-7-14(8-6-13)15(18)17-11-9-16(4-2)10-12-17/h1,5-8H,4,9-12H2,2H3. The van der Waals surface area contributed by atoms with Gasteiger partial charge in [0.15, 0.2) is 0 Å². The zero-order chi connectivity index (χ0) is 13.0. The van der Waals surface area contributed by atoms with Crippen LogP contribution in [0, 0.1) is 12.3 Å². The van der Waals surface area contributed by atoms with E-state index in [1.165, 1.54) is 0 Å². The summed E-state index contributed by atoms with van der Waals surface area (Å²) in [7, 11) is 0. The third-order valence-corrected chi connectivity index (χ3v) is 3.41. The first kappa shape index (κ1) is 12.7. The van der Waals surface area contributed by atoms with E-state index in [1.54, 1.807) is 0 Å². The Morgan fingerprint density at radius 1 is 1.22 bits per heavy atom. The van der Waals surface area contributed by atoms with Crippen LogP contribution in [-0.2, 0) is 0 Å². The number of carbonyl (C=O) groups excluding carboxylic acids is 1. The summed E-state index contributed by atoms with van der Waals surface area (Å²) in [5, 5.41) is 0. The Labute approximate surface area is 108 Å². The quantitative estimate of drug-likeness (QED) is 0.733. The lowest BCUT2D eigenvalue weighted by molar-refractivity contribution is 0.0643. The number of amides is 1. The maximum atomic E-state index is 12.3. The molecule has 1 aromatic carbocycles. The first-order chi connectivity index (χ1) is 8.74. The van der Waals surface area contributed by atoms with Crippen molar-refractivity contribution >= 4 is 5.91 Å². The SMILES string of the molecule is C#Cc1ccc(C(=O)N2CCN(CC)CC2)cc1. The molecule has 0 aliphatic carbocycles. The molecule has 1 aliphatic rings. The first-order valence-electron chi connectivity index (χ1n) is 6.33. The van der Waals surface area contributed by atoms with Crippen LogP contribution in [0.5, 0.6) is 0 Å². The van der Waals surface area contributed by atoms with E-state index < -0.39 is 0 Å². The van der Waals surface area contributed by atoms with Crippen molar-refractivity contribution in [1.29, 1.82) is 0 Å². The Kier molecular flexibility index (Phi) is 4.01. The highest BCUT2D eigenvalue weighted by Gasteiger charge is 2.20. The lowest BCUT2D eigenvalue weighted by Crippen LogP contribution is -2.48. The van der Waals surface area contributed by atoms with Gasteiger partial charge in [-0.15, -0.1) is 6.42 Å². The van der Waals surface area contributed by atoms with Crippen molar-refractivity contribution in [3.63, 3.8) is 0 Å². The monoisotopic (exact) mass is 242 g/mol. The van der Waals surface area contributed by atoms with Gasteiger partial charge >= 0.3 is 0 Å². The number of benzene rings is 1. The first-order valence-corrected chi connectivity index (χ1v) is 6.33. The van der Waals surface area contributed by atoms with Gasteiger partial charge in [-0.3, -0.25) is 4.79 Å². The van der Waals surface area contributed by atoms with Crippen molar-refractivity contribution in [2.75, 3.05) is 32.7 Å². The summed E-state index contributed by atoms with van der Waals surface area (Å²) in [4.78, 5) is 16.5. The molecule has 1 aliphatic heterocycles. The van der Waals surface area contributed by atoms with Crippen LogP contribution in [0.4, 0.5) is 0 Å². The van der Waals surface area contributed by atoms with Crippen molar-refractivity contribution in [1.82, 2.24) is 9.80 Å². The van der Waals surface area contributed by atoms with Gasteiger partial charge in [0.25, 0.3) is 5.91 Å². The molecule has 94 valence electrons. The molecule has 0 bridgehead atoms. The van der Waals surface area contributed by atoms with Crippen LogP contribution in [-0.4, -0.2) is 48.4 Å². The maximum Gasteiger partial charge on any atom is 0.253 e. The van der Waals surface area contributed by atoms with E-state index >= 15 is 0 Å². The Morgan fingerprint density at radius 3 is 2.33 bits per heavy atom. The van der Waals surface area contributed by atoms with Gasteiger partial charge in [-0.2, -0.15) is 0 Å². The molecule has 3 nitrogen and oxygen atoms in total. The molecule has 0 unspecified atom stereocenters. The third-order valence-electron chi connectivity index (χ3n) is 3.41. The number of hydrogen-bond acceptors (Lipinski definition) is 2. The average molecular weight is 242 g/mol. The Hall–Kier alpha value is -1.79. The second-order valence-corrected chi connectivity index (χ2v) is 4.45. The van der Waals surface area contributed by atoms with Gasteiger partial charge in [-0.05, 0) is 30.8 Å². The van der Waals surface area contributed by atoms with E-state index in [0.717, 1.165) is 43.9 Å². The van der Waals surface area contributed by atoms with Gasteiger partial charge in [0, 0.05) is 37.3 Å². The van der Waals surface area contributed by atoms with Crippen LogP contribution in [0.2, 0.25) is 0 Å². The van der Waals surface area contributed by atoms with Gasteiger partial charge in [-0.25, -0.2) is 0 Å². The van der Waals surface area contributed by atoms with Crippen LogP contribution >= 0.6 is 0 Å². The molecule has 0 saturated carbocycles. The molecule has 0 N–H and O–H groups in total. The van der Waals surface area contributed by atoms with Crippen molar-refractivity contribution in [3.8, 4) is 12.3 Å². The molecule has 18 heavy (non-hydrogen) atoms. The molecule has 1 aromatic rings. The fourth-order valence-corrected chi connectivity index (χ4v) is 2.16. The predicted molar refractivity (Wildman–Crippen MR) is 72.4 cm³/mol. The Morgan fingerprint density at radius 2 is 1.83 bits per heavy atom. The second-order valence-electron chi connectivity index (χ2n) is 4.45. The highest BCUT2D eigenvalue weighted by atomic mass is 16.2. The smallest absolute Gasteiger partial charge is 0.253 e. The van der Waals surface area contributed by atoms with Crippen molar-refractivity contribution in [2.45, 2.75) is 6.92 Å². The minimum atomic E-state index is 0.106. The van der Waals surface area contributed by atoms with E-state index in [2.05, 4.69) is 17.7 Å². The van der Waals surface area contributed by atoms with Gasteiger partial charge in [0.05, 0.1) is 0 Å². The van der Waals surface area contributed by atoms with Crippen molar-refractivity contribution < 1.29 is 4.79 Å². The molecule has 0 atom stereocenters. The maximum absolute atomic E-state index is 12.3. The summed E-state index contributed by atoms with van der Waals surface area (Å²) >= 11 is 0. The molecule has 3 heteroatoms. The minimum Gasteiger partial charge on any atom is -0.336 e. The van der Waals surface area contributed by atoms with Crippen LogP contribution in [0.1, 0.15) is 22.8 Å². The molecule has 2 rings (SSSR count). The van der Waals surface area contributed by atoms with Gasteiger partial charge in [-0.1, -0.05) is 12.8 Å². The van der Waals surface area contributed by atoms with Crippen LogP contribution < -0.4 is 0 Å². The minimum absolute atomic E-state index is 0.106. The predicted octanol–water partition coefficient (Wildman–Crippen LogP) is 1.45. The summed E-state index contributed by atoms with van der Waals surface area (Å²) in [5.74, 6) is 2.66. The lowest BCUT2D eigenvalue weighted by Gasteiger charge is -2.34. The largest absolute Gasteiger partial charge is 0.336 e. The van der Waals surface area contributed by atoms with E-state index in [4.69, 9.17) is 6.42 Å². The lowest BCUT2D eigenvalue weighted by atomic mass is 10.1. The number of carbonyl (C=O) groups is 1. The van der Waals surface area contributed by atoms with E-state index in [9.17, 15) is 4.79 Å². The average Bonchev–Trinajstić information content (AvgIpc) is 2.47. The van der Waals surface area contributed by atoms with E-state index in [-0.39, 0.29) is 5.91 Å². The second kappa shape index (κ2) is 5.70. The van der Waals surface area contributed by atoms with E-state index in [0.29, 0.717) is 0 Å². The molecule has 0 spiro atoms. The number of hydrogen-bond donors (Lipinski definition) is 0. The third kappa shape index (κ3) is 2.72. The van der Waals surface area contributed by atoms with E-state index in [1.807, 2.05) is 29.2 Å². The van der Waals surface area contributed by atoms with Gasteiger partial charge < -0.3 is 9.80 Å². The normalized spacial score (nSPS) is 16.3. The Balaban J connectivity index is 2.01.